The zero-order valence-corrected chi connectivity index (χ0v) is 16.1. The van der Waals surface area contributed by atoms with Crippen molar-refractivity contribution >= 4 is 21.8 Å². The highest BCUT2D eigenvalue weighted by atomic mass is 79.9. The highest BCUT2D eigenvalue weighted by Crippen LogP contribution is 2.39. The fourth-order valence-electron chi connectivity index (χ4n) is 3.80. The number of amides is 1. The Morgan fingerprint density at radius 3 is 2.33 bits per heavy atom. The second-order valence-electron chi connectivity index (χ2n) is 6.87. The van der Waals surface area contributed by atoms with Crippen LogP contribution in [0.3, 0.4) is 0 Å². The lowest BCUT2D eigenvalue weighted by atomic mass is 9.84. The van der Waals surface area contributed by atoms with Crippen molar-refractivity contribution < 1.29 is 14.3 Å². The molecule has 1 aromatic carbocycles. The van der Waals surface area contributed by atoms with Crippen LogP contribution in [0.25, 0.3) is 0 Å². The molecular weight excluding hydrogens is 372 g/mol. The quantitative estimate of drug-likeness (QED) is 0.787. The van der Waals surface area contributed by atoms with E-state index in [0.29, 0.717) is 18.8 Å². The number of carbonyl (C=O) groups excluding carboxylic acids is 1. The minimum atomic E-state index is -0.451. The van der Waals surface area contributed by atoms with Gasteiger partial charge >= 0.3 is 0 Å². The van der Waals surface area contributed by atoms with Crippen LogP contribution in [-0.2, 0) is 9.47 Å². The summed E-state index contributed by atoms with van der Waals surface area (Å²) < 4.78 is 12.8. The van der Waals surface area contributed by atoms with Crippen LogP contribution in [0, 0.1) is 0 Å². The maximum Gasteiger partial charge on any atom is 0.253 e. The van der Waals surface area contributed by atoms with Gasteiger partial charge in [0, 0.05) is 42.0 Å². The van der Waals surface area contributed by atoms with Crippen molar-refractivity contribution in [3.63, 3.8) is 0 Å². The molecular formula is C18H25BrN2O3. The van der Waals surface area contributed by atoms with Gasteiger partial charge in [0.25, 0.3) is 5.91 Å². The molecule has 1 aromatic rings. The van der Waals surface area contributed by atoms with Crippen LogP contribution in [0.5, 0.6) is 0 Å². The van der Waals surface area contributed by atoms with Gasteiger partial charge in [0.15, 0.2) is 5.79 Å². The number of hydrogen-bond donors (Lipinski definition) is 0. The highest BCUT2D eigenvalue weighted by molar-refractivity contribution is 9.10. The van der Waals surface area contributed by atoms with E-state index in [-0.39, 0.29) is 18.0 Å². The normalized spacial score (nSPS) is 26.0. The Bertz CT molecular complexity index is 584. The van der Waals surface area contributed by atoms with Gasteiger partial charge in [0.05, 0.1) is 13.2 Å². The van der Waals surface area contributed by atoms with Gasteiger partial charge in [-0.2, -0.15) is 0 Å². The Morgan fingerprint density at radius 2 is 1.75 bits per heavy atom. The Kier molecular flexibility index (Phi) is 5.30. The first-order chi connectivity index (χ1) is 11.4. The molecule has 1 aliphatic carbocycles. The van der Waals surface area contributed by atoms with Gasteiger partial charge in [0.1, 0.15) is 0 Å². The first-order valence-electron chi connectivity index (χ1n) is 8.39. The number of halogens is 1. The second kappa shape index (κ2) is 7.12. The first kappa shape index (κ1) is 17.9. The standard InChI is InChI=1S/C18H25BrN2O3/c1-20(2)16-12-18(23-10-11-24-18)9-8-15(16)21(3)17(22)13-4-6-14(19)7-5-13/h4-7,15-16H,8-12H2,1-3H3/t15-,16-/m1/s1. The summed E-state index contributed by atoms with van der Waals surface area (Å²) in [7, 11) is 6.02. The molecule has 132 valence electrons. The Hall–Kier alpha value is -0.950. The topological polar surface area (TPSA) is 42.0 Å². The van der Waals surface area contributed by atoms with Gasteiger partial charge in [-0.15, -0.1) is 0 Å². The molecule has 0 bridgehead atoms. The van der Waals surface area contributed by atoms with Gasteiger partial charge in [-0.25, -0.2) is 0 Å². The van der Waals surface area contributed by atoms with Gasteiger partial charge < -0.3 is 19.3 Å². The van der Waals surface area contributed by atoms with E-state index in [4.69, 9.17) is 9.47 Å². The number of benzene rings is 1. The van der Waals surface area contributed by atoms with E-state index >= 15 is 0 Å². The predicted octanol–water partition coefficient (Wildman–Crippen LogP) is 2.75. The van der Waals surface area contributed by atoms with Crippen LogP contribution < -0.4 is 0 Å². The molecule has 6 heteroatoms. The summed E-state index contributed by atoms with van der Waals surface area (Å²) >= 11 is 3.41. The Morgan fingerprint density at radius 1 is 1.12 bits per heavy atom. The largest absolute Gasteiger partial charge is 0.347 e. The maximum atomic E-state index is 12.9. The summed E-state index contributed by atoms with van der Waals surface area (Å²) in [4.78, 5) is 16.9. The Labute approximate surface area is 152 Å². The van der Waals surface area contributed by atoms with E-state index in [2.05, 4.69) is 34.9 Å². The van der Waals surface area contributed by atoms with Crippen molar-refractivity contribution in [2.24, 2.45) is 0 Å². The van der Waals surface area contributed by atoms with Crippen LogP contribution >= 0.6 is 15.9 Å². The molecule has 24 heavy (non-hydrogen) atoms. The number of nitrogens with zero attached hydrogens (tertiary/aromatic N) is 2. The third kappa shape index (κ3) is 3.52. The third-order valence-electron chi connectivity index (χ3n) is 5.17. The number of carbonyl (C=O) groups is 1. The first-order valence-corrected chi connectivity index (χ1v) is 9.18. The van der Waals surface area contributed by atoms with Crippen molar-refractivity contribution in [2.75, 3.05) is 34.4 Å². The summed E-state index contributed by atoms with van der Waals surface area (Å²) in [5.74, 6) is -0.393. The second-order valence-corrected chi connectivity index (χ2v) is 7.79. The average molecular weight is 397 g/mol. The van der Waals surface area contributed by atoms with Gasteiger partial charge in [0.2, 0.25) is 0 Å². The molecule has 1 saturated heterocycles. The van der Waals surface area contributed by atoms with Crippen LogP contribution in [0.15, 0.2) is 28.7 Å². The molecule has 0 N–H and O–H groups in total. The number of hydrogen-bond acceptors (Lipinski definition) is 4. The zero-order chi connectivity index (χ0) is 17.3. The van der Waals surface area contributed by atoms with Crippen LogP contribution in [-0.4, -0.2) is 67.9 Å². The van der Waals surface area contributed by atoms with Crippen molar-refractivity contribution in [1.82, 2.24) is 9.80 Å². The van der Waals surface area contributed by atoms with Crippen LogP contribution in [0.4, 0.5) is 0 Å². The van der Waals surface area contributed by atoms with Crippen molar-refractivity contribution in [2.45, 2.75) is 37.1 Å². The molecule has 0 aromatic heterocycles. The molecule has 1 spiro atoms. The minimum absolute atomic E-state index is 0.0589. The summed E-state index contributed by atoms with van der Waals surface area (Å²) in [5.41, 5.74) is 0.715. The minimum Gasteiger partial charge on any atom is -0.347 e. The van der Waals surface area contributed by atoms with Gasteiger partial charge in [-0.1, -0.05) is 15.9 Å². The molecule has 1 aliphatic heterocycles. The molecule has 2 atom stereocenters. The molecule has 2 aliphatic rings. The monoisotopic (exact) mass is 396 g/mol. The lowest BCUT2D eigenvalue weighted by Gasteiger charge is -2.46. The zero-order valence-electron chi connectivity index (χ0n) is 14.5. The number of ether oxygens (including phenoxy) is 2. The van der Waals surface area contributed by atoms with Crippen molar-refractivity contribution in [3.8, 4) is 0 Å². The van der Waals surface area contributed by atoms with Crippen LogP contribution in [0.2, 0.25) is 0 Å². The molecule has 1 heterocycles. The summed E-state index contributed by atoms with van der Waals surface area (Å²) in [6.45, 7) is 1.33. The number of rotatable bonds is 3. The third-order valence-corrected chi connectivity index (χ3v) is 5.70. The molecule has 3 rings (SSSR count). The molecule has 0 unspecified atom stereocenters. The molecule has 0 radical (unpaired) electrons. The van der Waals surface area contributed by atoms with E-state index in [1.807, 2.05) is 36.2 Å². The average Bonchev–Trinajstić information content (AvgIpc) is 3.02. The fraction of sp³-hybridized carbons (Fsp3) is 0.611. The van der Waals surface area contributed by atoms with E-state index in [1.54, 1.807) is 0 Å². The smallest absolute Gasteiger partial charge is 0.253 e. The molecule has 1 saturated carbocycles. The molecule has 5 nitrogen and oxygen atoms in total. The summed E-state index contributed by atoms with van der Waals surface area (Å²) in [5, 5.41) is 0. The van der Waals surface area contributed by atoms with Gasteiger partial charge in [-0.05, 0) is 44.8 Å². The SMILES string of the molecule is CN(C)[C@@H]1CC2(CC[C@H]1N(C)C(=O)c1ccc(Br)cc1)OCCO2. The van der Waals surface area contributed by atoms with E-state index < -0.39 is 5.79 Å². The van der Waals surface area contributed by atoms with Crippen molar-refractivity contribution in [1.29, 1.82) is 0 Å². The van der Waals surface area contributed by atoms with Crippen molar-refractivity contribution in [3.05, 3.63) is 34.3 Å². The summed E-state index contributed by atoms with van der Waals surface area (Å²) in [6, 6.07) is 7.89. The van der Waals surface area contributed by atoms with Gasteiger partial charge in [-0.3, -0.25) is 4.79 Å². The van der Waals surface area contributed by atoms with E-state index in [9.17, 15) is 4.79 Å². The lowest BCUT2D eigenvalue weighted by molar-refractivity contribution is -0.195. The molecule has 2 fully saturated rings. The predicted molar refractivity (Wildman–Crippen MR) is 96.0 cm³/mol. The maximum absolute atomic E-state index is 12.9. The highest BCUT2D eigenvalue weighted by Gasteiger charge is 2.47. The molecule has 1 amide bonds. The Balaban J connectivity index is 1.76. The lowest BCUT2D eigenvalue weighted by Crippen LogP contribution is -2.57. The fourth-order valence-corrected chi connectivity index (χ4v) is 4.07. The van der Waals surface area contributed by atoms with E-state index in [0.717, 1.165) is 23.7 Å². The van der Waals surface area contributed by atoms with Crippen LogP contribution in [0.1, 0.15) is 29.6 Å². The van der Waals surface area contributed by atoms with E-state index in [1.165, 1.54) is 0 Å². The number of likely N-dealkylation sites (N-methyl/N-ethyl adjacent to an activating group) is 2. The summed E-state index contributed by atoms with van der Waals surface area (Å²) in [6.07, 6.45) is 2.50.